The second-order valence-corrected chi connectivity index (χ2v) is 6.29. The highest BCUT2D eigenvalue weighted by molar-refractivity contribution is 5.64. The second kappa shape index (κ2) is 5.33. The third-order valence-electron chi connectivity index (χ3n) is 3.18. The summed E-state index contributed by atoms with van der Waals surface area (Å²) in [6.45, 7) is 10.2. The molecule has 0 spiro atoms. The van der Waals surface area contributed by atoms with Gasteiger partial charge in [-0.2, -0.15) is 0 Å². The minimum absolute atomic E-state index is 0.299. The smallest absolute Gasteiger partial charge is 0.131 e. The van der Waals surface area contributed by atoms with Crippen LogP contribution in [-0.2, 0) is 6.42 Å². The SMILES string of the molecule is Cc1ccc(C)c(-c2cc(C)nc(CC(C)(C)N)n2)c1. The third kappa shape index (κ3) is 3.64. The Bertz CT molecular complexity index is 625. The summed E-state index contributed by atoms with van der Waals surface area (Å²) in [4.78, 5) is 9.21. The lowest BCUT2D eigenvalue weighted by molar-refractivity contribution is 0.502. The quantitative estimate of drug-likeness (QED) is 0.929. The van der Waals surface area contributed by atoms with Gasteiger partial charge >= 0.3 is 0 Å². The number of hydrogen-bond acceptors (Lipinski definition) is 3. The molecule has 0 saturated carbocycles. The Balaban J connectivity index is 2.49. The average Bonchev–Trinajstić information content (AvgIpc) is 2.29. The highest BCUT2D eigenvalue weighted by atomic mass is 14.9. The maximum absolute atomic E-state index is 6.08. The van der Waals surface area contributed by atoms with Gasteiger partial charge in [-0.3, -0.25) is 0 Å². The molecule has 0 amide bonds. The summed E-state index contributed by atoms with van der Waals surface area (Å²) in [7, 11) is 0. The van der Waals surface area contributed by atoms with E-state index in [0.717, 1.165) is 17.2 Å². The van der Waals surface area contributed by atoms with Gasteiger partial charge in [-0.1, -0.05) is 17.7 Å². The Labute approximate surface area is 121 Å². The third-order valence-corrected chi connectivity index (χ3v) is 3.18. The molecule has 3 heteroatoms. The monoisotopic (exact) mass is 269 g/mol. The number of aromatic nitrogens is 2. The van der Waals surface area contributed by atoms with Crippen molar-refractivity contribution >= 4 is 0 Å². The zero-order valence-corrected chi connectivity index (χ0v) is 13.0. The van der Waals surface area contributed by atoms with Crippen LogP contribution in [-0.4, -0.2) is 15.5 Å². The van der Waals surface area contributed by atoms with Gasteiger partial charge in [0.25, 0.3) is 0 Å². The fraction of sp³-hybridized carbons (Fsp3) is 0.412. The van der Waals surface area contributed by atoms with Gasteiger partial charge in [-0.25, -0.2) is 9.97 Å². The zero-order chi connectivity index (χ0) is 14.9. The molecule has 1 aromatic heterocycles. The van der Waals surface area contributed by atoms with Crippen molar-refractivity contribution in [2.45, 2.75) is 46.6 Å². The van der Waals surface area contributed by atoms with Gasteiger partial charge in [0.2, 0.25) is 0 Å². The molecule has 0 saturated heterocycles. The molecule has 20 heavy (non-hydrogen) atoms. The van der Waals surface area contributed by atoms with E-state index in [4.69, 9.17) is 10.7 Å². The summed E-state index contributed by atoms with van der Waals surface area (Å²) >= 11 is 0. The van der Waals surface area contributed by atoms with Crippen molar-refractivity contribution in [1.29, 1.82) is 0 Å². The molecule has 0 radical (unpaired) electrons. The summed E-state index contributed by atoms with van der Waals surface area (Å²) in [6, 6.07) is 8.47. The number of rotatable bonds is 3. The van der Waals surface area contributed by atoms with Crippen molar-refractivity contribution in [3.05, 3.63) is 46.9 Å². The van der Waals surface area contributed by atoms with Crippen LogP contribution in [0, 0.1) is 20.8 Å². The lowest BCUT2D eigenvalue weighted by atomic mass is 10.00. The normalized spacial score (nSPS) is 11.7. The predicted octanol–water partition coefficient (Wildman–Crippen LogP) is 3.35. The molecule has 0 atom stereocenters. The van der Waals surface area contributed by atoms with Crippen molar-refractivity contribution in [2.75, 3.05) is 0 Å². The van der Waals surface area contributed by atoms with E-state index in [-0.39, 0.29) is 5.54 Å². The first-order chi connectivity index (χ1) is 9.24. The molecule has 2 N–H and O–H groups in total. The summed E-state index contributed by atoms with van der Waals surface area (Å²) < 4.78 is 0. The van der Waals surface area contributed by atoms with Crippen LogP contribution in [0.25, 0.3) is 11.3 Å². The number of nitrogens with zero attached hydrogens (tertiary/aromatic N) is 2. The van der Waals surface area contributed by atoms with E-state index in [9.17, 15) is 0 Å². The van der Waals surface area contributed by atoms with Crippen LogP contribution < -0.4 is 5.73 Å². The van der Waals surface area contributed by atoms with Gasteiger partial charge in [0.15, 0.2) is 0 Å². The van der Waals surface area contributed by atoms with Gasteiger partial charge in [0, 0.05) is 23.2 Å². The van der Waals surface area contributed by atoms with E-state index < -0.39 is 0 Å². The Morgan fingerprint density at radius 1 is 1.05 bits per heavy atom. The predicted molar refractivity (Wildman–Crippen MR) is 83.6 cm³/mol. The van der Waals surface area contributed by atoms with E-state index in [1.807, 2.05) is 26.8 Å². The highest BCUT2D eigenvalue weighted by Gasteiger charge is 2.15. The number of hydrogen-bond donors (Lipinski definition) is 1. The minimum Gasteiger partial charge on any atom is -0.325 e. The molecule has 2 aromatic rings. The van der Waals surface area contributed by atoms with Gasteiger partial charge in [0.1, 0.15) is 5.82 Å². The standard InChI is InChI=1S/C17H23N3/c1-11-6-7-12(2)14(8-11)15-9-13(3)19-16(20-15)10-17(4,5)18/h6-9H,10,18H2,1-5H3. The van der Waals surface area contributed by atoms with E-state index >= 15 is 0 Å². The van der Waals surface area contributed by atoms with Crippen molar-refractivity contribution in [2.24, 2.45) is 5.73 Å². The first kappa shape index (κ1) is 14.7. The molecule has 1 heterocycles. The van der Waals surface area contributed by atoms with Crippen LogP contribution in [0.5, 0.6) is 0 Å². The summed E-state index contributed by atoms with van der Waals surface area (Å²) in [5.41, 5.74) is 11.4. The first-order valence-electron chi connectivity index (χ1n) is 6.96. The molecule has 106 valence electrons. The van der Waals surface area contributed by atoms with Crippen molar-refractivity contribution < 1.29 is 0 Å². The molecule has 0 unspecified atom stereocenters. The van der Waals surface area contributed by atoms with Crippen LogP contribution in [0.15, 0.2) is 24.3 Å². The van der Waals surface area contributed by atoms with Gasteiger partial charge < -0.3 is 5.73 Å². The van der Waals surface area contributed by atoms with Crippen molar-refractivity contribution in [1.82, 2.24) is 9.97 Å². The molecule has 0 aliphatic carbocycles. The maximum atomic E-state index is 6.08. The fourth-order valence-electron chi connectivity index (χ4n) is 2.27. The molecule has 0 aliphatic heterocycles. The van der Waals surface area contributed by atoms with E-state index in [1.165, 1.54) is 16.7 Å². The minimum atomic E-state index is -0.299. The van der Waals surface area contributed by atoms with Crippen LogP contribution in [0.1, 0.15) is 36.5 Å². The van der Waals surface area contributed by atoms with Gasteiger partial charge in [-0.05, 0) is 52.3 Å². The highest BCUT2D eigenvalue weighted by Crippen LogP contribution is 2.24. The molecule has 0 aliphatic rings. The van der Waals surface area contributed by atoms with Crippen molar-refractivity contribution in [3.8, 4) is 11.3 Å². The van der Waals surface area contributed by atoms with Gasteiger partial charge in [-0.15, -0.1) is 0 Å². The number of aryl methyl sites for hydroxylation is 3. The van der Waals surface area contributed by atoms with Crippen molar-refractivity contribution in [3.63, 3.8) is 0 Å². The fourth-order valence-corrected chi connectivity index (χ4v) is 2.27. The zero-order valence-electron chi connectivity index (χ0n) is 13.0. The maximum Gasteiger partial charge on any atom is 0.131 e. The van der Waals surface area contributed by atoms with Crippen LogP contribution in [0.4, 0.5) is 0 Å². The lowest BCUT2D eigenvalue weighted by Gasteiger charge is -2.18. The molecule has 0 fully saturated rings. The topological polar surface area (TPSA) is 51.8 Å². The molecular formula is C17H23N3. The second-order valence-electron chi connectivity index (χ2n) is 6.29. The lowest BCUT2D eigenvalue weighted by Crippen LogP contribution is -2.35. The van der Waals surface area contributed by atoms with E-state index in [2.05, 4.69) is 37.0 Å². The van der Waals surface area contributed by atoms with Gasteiger partial charge in [0.05, 0.1) is 5.69 Å². The summed E-state index contributed by atoms with van der Waals surface area (Å²) in [5, 5.41) is 0. The number of nitrogens with two attached hydrogens (primary N) is 1. The molecule has 1 aromatic carbocycles. The number of benzene rings is 1. The summed E-state index contributed by atoms with van der Waals surface area (Å²) in [6.07, 6.45) is 0.673. The molecular weight excluding hydrogens is 246 g/mol. The van der Waals surface area contributed by atoms with Crippen LogP contribution >= 0.6 is 0 Å². The van der Waals surface area contributed by atoms with E-state index in [0.29, 0.717) is 6.42 Å². The molecule has 2 rings (SSSR count). The Morgan fingerprint density at radius 2 is 1.75 bits per heavy atom. The van der Waals surface area contributed by atoms with E-state index in [1.54, 1.807) is 0 Å². The average molecular weight is 269 g/mol. The summed E-state index contributed by atoms with van der Waals surface area (Å²) in [5.74, 6) is 0.813. The molecule has 0 bridgehead atoms. The van der Waals surface area contributed by atoms with Crippen LogP contribution in [0.2, 0.25) is 0 Å². The molecule has 3 nitrogen and oxygen atoms in total. The Kier molecular flexibility index (Phi) is 3.91. The largest absolute Gasteiger partial charge is 0.325 e. The Morgan fingerprint density at radius 3 is 2.40 bits per heavy atom. The van der Waals surface area contributed by atoms with Crippen LogP contribution in [0.3, 0.4) is 0 Å². The Hall–Kier alpha value is -1.74. The first-order valence-corrected chi connectivity index (χ1v) is 6.96.